The number of nitrogen functional groups attached to an aromatic ring is 1. The molecule has 0 aliphatic heterocycles. The molecule has 1 aromatic rings. The molecule has 2 N–H and O–H groups in total. The zero-order valence-electron chi connectivity index (χ0n) is 11.8. The van der Waals surface area contributed by atoms with Crippen molar-refractivity contribution in [1.82, 2.24) is 0 Å². The van der Waals surface area contributed by atoms with Crippen LogP contribution in [0.2, 0.25) is 0 Å². The average molecular weight is 281 g/mol. The molecule has 20 heavy (non-hydrogen) atoms. The summed E-state index contributed by atoms with van der Waals surface area (Å²) >= 11 is 0. The number of nitrogens with two attached hydrogens (primary N) is 1. The fourth-order valence-corrected chi connectivity index (χ4v) is 1.39. The predicted molar refractivity (Wildman–Crippen MR) is 73.1 cm³/mol. The first-order valence-electron chi connectivity index (χ1n) is 6.08. The molecule has 0 heterocycles. The molecule has 0 spiro atoms. The van der Waals surface area contributed by atoms with Gasteiger partial charge in [-0.1, -0.05) is 12.1 Å². The summed E-state index contributed by atoms with van der Waals surface area (Å²) in [5.74, 6) is -0.611. The number of methoxy groups -OCH3 is 1. The van der Waals surface area contributed by atoms with Crippen LogP contribution in [0, 0.1) is 5.41 Å². The molecular weight excluding hydrogens is 262 g/mol. The largest absolute Gasteiger partial charge is 0.480 e. The van der Waals surface area contributed by atoms with E-state index < -0.39 is 17.4 Å². The summed E-state index contributed by atoms with van der Waals surface area (Å²) in [5.41, 5.74) is 5.22. The molecule has 0 unspecified atom stereocenters. The van der Waals surface area contributed by atoms with Crippen LogP contribution in [0.3, 0.4) is 0 Å². The summed E-state index contributed by atoms with van der Waals surface area (Å²) in [7, 11) is 1.28. The van der Waals surface area contributed by atoms with Crippen LogP contribution in [0.15, 0.2) is 24.3 Å². The lowest BCUT2D eigenvalue weighted by Gasteiger charge is -2.20. The van der Waals surface area contributed by atoms with Gasteiger partial charge >= 0.3 is 11.9 Å². The number of rotatable bonds is 6. The van der Waals surface area contributed by atoms with Gasteiger partial charge in [0.2, 0.25) is 0 Å². The Balaban J connectivity index is 2.42. The topological polar surface area (TPSA) is 87.8 Å². The molecule has 0 radical (unpaired) electrons. The van der Waals surface area contributed by atoms with Crippen molar-refractivity contribution in [2.75, 3.05) is 26.1 Å². The maximum absolute atomic E-state index is 11.5. The fourth-order valence-electron chi connectivity index (χ4n) is 1.39. The SMILES string of the molecule is COC(=O)C(C)(C)COC(=O)COc1ccccc1N. The Labute approximate surface area is 117 Å². The number of carbonyl (C=O) groups excluding carboxylic acids is 2. The van der Waals surface area contributed by atoms with Gasteiger partial charge in [-0.25, -0.2) is 4.79 Å². The number of benzene rings is 1. The van der Waals surface area contributed by atoms with Crippen LogP contribution in [0.5, 0.6) is 5.75 Å². The lowest BCUT2D eigenvalue weighted by Crippen LogP contribution is -2.32. The molecule has 6 heteroatoms. The van der Waals surface area contributed by atoms with E-state index in [-0.39, 0.29) is 13.2 Å². The van der Waals surface area contributed by atoms with E-state index in [1.807, 2.05) is 0 Å². The highest BCUT2D eigenvalue weighted by atomic mass is 16.6. The summed E-state index contributed by atoms with van der Waals surface area (Å²) in [6.45, 7) is 2.90. The normalized spacial score (nSPS) is 10.8. The molecule has 110 valence electrons. The zero-order chi connectivity index (χ0) is 15.2. The first kappa shape index (κ1) is 15.8. The van der Waals surface area contributed by atoms with Crippen molar-refractivity contribution in [3.8, 4) is 5.75 Å². The molecule has 1 aromatic carbocycles. The third-order valence-electron chi connectivity index (χ3n) is 2.60. The minimum absolute atomic E-state index is 0.0772. The van der Waals surface area contributed by atoms with Gasteiger partial charge < -0.3 is 19.9 Å². The zero-order valence-corrected chi connectivity index (χ0v) is 11.8. The van der Waals surface area contributed by atoms with Gasteiger partial charge in [0, 0.05) is 0 Å². The van der Waals surface area contributed by atoms with Crippen LogP contribution in [-0.2, 0) is 19.1 Å². The Bertz CT molecular complexity index is 484. The third kappa shape index (κ3) is 4.46. The molecule has 0 aliphatic carbocycles. The molecule has 0 atom stereocenters. The van der Waals surface area contributed by atoms with Gasteiger partial charge in [-0.15, -0.1) is 0 Å². The lowest BCUT2D eigenvalue weighted by molar-refractivity contribution is -0.160. The third-order valence-corrected chi connectivity index (χ3v) is 2.60. The molecule has 0 saturated carbocycles. The van der Waals surface area contributed by atoms with Crippen LogP contribution in [0.4, 0.5) is 5.69 Å². The van der Waals surface area contributed by atoms with Gasteiger partial charge in [0.25, 0.3) is 0 Å². The van der Waals surface area contributed by atoms with Crippen molar-refractivity contribution < 1.29 is 23.8 Å². The number of hydrogen-bond donors (Lipinski definition) is 1. The molecule has 0 amide bonds. The number of ether oxygens (including phenoxy) is 3. The van der Waals surface area contributed by atoms with Crippen molar-refractivity contribution in [1.29, 1.82) is 0 Å². The fraction of sp³-hybridized carbons (Fsp3) is 0.429. The number of hydrogen-bond acceptors (Lipinski definition) is 6. The minimum Gasteiger partial charge on any atom is -0.480 e. The van der Waals surface area contributed by atoms with Crippen LogP contribution in [0.25, 0.3) is 0 Å². The van der Waals surface area contributed by atoms with Crippen LogP contribution >= 0.6 is 0 Å². The maximum atomic E-state index is 11.5. The number of anilines is 1. The molecule has 0 saturated heterocycles. The second-order valence-corrected chi connectivity index (χ2v) is 4.86. The minimum atomic E-state index is -0.893. The van der Waals surface area contributed by atoms with E-state index in [0.717, 1.165) is 0 Å². The Kier molecular flexibility index (Phi) is 5.37. The van der Waals surface area contributed by atoms with Crippen LogP contribution < -0.4 is 10.5 Å². The van der Waals surface area contributed by atoms with Gasteiger partial charge in [-0.3, -0.25) is 4.79 Å². The summed E-state index contributed by atoms with van der Waals surface area (Å²) in [5, 5.41) is 0. The summed E-state index contributed by atoms with van der Waals surface area (Å²) in [6.07, 6.45) is 0. The molecule has 1 rings (SSSR count). The smallest absolute Gasteiger partial charge is 0.344 e. The standard InChI is InChI=1S/C14H19NO5/c1-14(2,13(17)18-3)9-20-12(16)8-19-11-7-5-4-6-10(11)15/h4-7H,8-9,15H2,1-3H3. The van der Waals surface area contributed by atoms with Gasteiger partial charge in [-0.05, 0) is 26.0 Å². The van der Waals surface area contributed by atoms with E-state index in [1.165, 1.54) is 7.11 Å². The molecular formula is C14H19NO5. The Morgan fingerprint density at radius 3 is 2.50 bits per heavy atom. The second-order valence-electron chi connectivity index (χ2n) is 4.86. The average Bonchev–Trinajstić information content (AvgIpc) is 2.43. The predicted octanol–water partition coefficient (Wildman–Crippen LogP) is 1.39. The lowest BCUT2D eigenvalue weighted by atomic mass is 9.95. The Morgan fingerprint density at radius 2 is 1.90 bits per heavy atom. The van der Waals surface area contributed by atoms with E-state index in [4.69, 9.17) is 15.2 Å². The van der Waals surface area contributed by atoms with E-state index in [0.29, 0.717) is 11.4 Å². The first-order chi connectivity index (χ1) is 9.36. The van der Waals surface area contributed by atoms with Crippen molar-refractivity contribution in [2.45, 2.75) is 13.8 Å². The van der Waals surface area contributed by atoms with Crippen LogP contribution in [0.1, 0.15) is 13.8 Å². The quantitative estimate of drug-likeness (QED) is 0.626. The van der Waals surface area contributed by atoms with Gasteiger partial charge in [0.15, 0.2) is 6.61 Å². The molecule has 0 aromatic heterocycles. The van der Waals surface area contributed by atoms with Crippen LogP contribution in [-0.4, -0.2) is 32.3 Å². The Hall–Kier alpha value is -2.24. The Morgan fingerprint density at radius 1 is 1.25 bits per heavy atom. The van der Waals surface area contributed by atoms with Crippen molar-refractivity contribution >= 4 is 17.6 Å². The number of para-hydroxylation sites is 2. The molecule has 6 nitrogen and oxygen atoms in total. The highest BCUT2D eigenvalue weighted by molar-refractivity contribution is 5.77. The summed E-state index contributed by atoms with van der Waals surface area (Å²) < 4.78 is 14.8. The van der Waals surface area contributed by atoms with Gasteiger partial charge in [0.1, 0.15) is 12.4 Å². The van der Waals surface area contributed by atoms with E-state index in [1.54, 1.807) is 38.1 Å². The number of carbonyl (C=O) groups is 2. The summed E-state index contributed by atoms with van der Waals surface area (Å²) in [4.78, 5) is 23.0. The van der Waals surface area contributed by atoms with Gasteiger partial charge in [-0.2, -0.15) is 0 Å². The second kappa shape index (κ2) is 6.79. The first-order valence-corrected chi connectivity index (χ1v) is 6.08. The van der Waals surface area contributed by atoms with E-state index in [2.05, 4.69) is 4.74 Å². The monoisotopic (exact) mass is 281 g/mol. The molecule has 0 bridgehead atoms. The van der Waals surface area contributed by atoms with E-state index >= 15 is 0 Å². The van der Waals surface area contributed by atoms with Crippen molar-refractivity contribution in [3.05, 3.63) is 24.3 Å². The molecule has 0 aliphatic rings. The maximum Gasteiger partial charge on any atom is 0.344 e. The van der Waals surface area contributed by atoms with E-state index in [9.17, 15) is 9.59 Å². The molecule has 0 fully saturated rings. The van der Waals surface area contributed by atoms with Crippen molar-refractivity contribution in [2.24, 2.45) is 5.41 Å². The summed E-state index contributed by atoms with van der Waals surface area (Å²) in [6, 6.07) is 6.83. The number of esters is 2. The highest BCUT2D eigenvalue weighted by Gasteiger charge is 2.30. The highest BCUT2D eigenvalue weighted by Crippen LogP contribution is 2.20. The van der Waals surface area contributed by atoms with Gasteiger partial charge in [0.05, 0.1) is 18.2 Å². The van der Waals surface area contributed by atoms with Crippen molar-refractivity contribution in [3.63, 3.8) is 0 Å².